The number of aromatic nitrogens is 2. The van der Waals surface area contributed by atoms with E-state index in [1.165, 1.54) is 16.9 Å². The fourth-order valence-corrected chi connectivity index (χ4v) is 3.04. The predicted octanol–water partition coefficient (Wildman–Crippen LogP) is 4.58. The van der Waals surface area contributed by atoms with Crippen LogP contribution in [-0.2, 0) is 12.8 Å². The fourth-order valence-electron chi connectivity index (χ4n) is 2.36. The van der Waals surface area contributed by atoms with Gasteiger partial charge in [-0.25, -0.2) is 0 Å². The second-order valence-corrected chi connectivity index (χ2v) is 6.50. The van der Waals surface area contributed by atoms with Gasteiger partial charge in [0.2, 0.25) is 5.13 Å². The number of rotatable bonds is 5. The van der Waals surface area contributed by atoms with Gasteiger partial charge in [-0.3, -0.25) is 10.1 Å². The lowest BCUT2D eigenvalue weighted by Gasteiger charge is -2.05. The van der Waals surface area contributed by atoms with Crippen molar-refractivity contribution in [1.29, 1.82) is 0 Å². The first-order valence-electron chi connectivity index (χ1n) is 8.02. The predicted molar refractivity (Wildman–Crippen MR) is 98.5 cm³/mol. The third kappa shape index (κ3) is 3.68. The lowest BCUT2D eigenvalue weighted by atomic mass is 10.0. The summed E-state index contributed by atoms with van der Waals surface area (Å²) in [6.07, 6.45) is 1.85. The quantitative estimate of drug-likeness (QED) is 0.741. The van der Waals surface area contributed by atoms with Crippen molar-refractivity contribution in [3.8, 4) is 11.1 Å². The molecule has 0 saturated carbocycles. The average Bonchev–Trinajstić information content (AvgIpc) is 3.09. The molecule has 1 amide bonds. The summed E-state index contributed by atoms with van der Waals surface area (Å²) in [5.74, 6) is -0.165. The first-order valence-corrected chi connectivity index (χ1v) is 8.84. The van der Waals surface area contributed by atoms with Crippen molar-refractivity contribution >= 4 is 22.4 Å². The van der Waals surface area contributed by atoms with E-state index in [-0.39, 0.29) is 5.91 Å². The smallest absolute Gasteiger partial charge is 0.257 e. The van der Waals surface area contributed by atoms with Crippen molar-refractivity contribution in [2.24, 2.45) is 0 Å². The van der Waals surface area contributed by atoms with Crippen LogP contribution in [0.5, 0.6) is 0 Å². The zero-order valence-electron chi connectivity index (χ0n) is 13.7. The van der Waals surface area contributed by atoms with Crippen LogP contribution in [0, 0.1) is 0 Å². The number of amides is 1. The van der Waals surface area contributed by atoms with Crippen molar-refractivity contribution in [3.63, 3.8) is 0 Å². The zero-order chi connectivity index (χ0) is 16.9. The highest BCUT2D eigenvalue weighted by Gasteiger charge is 2.10. The van der Waals surface area contributed by atoms with E-state index < -0.39 is 0 Å². The maximum Gasteiger partial charge on any atom is 0.257 e. The molecule has 3 rings (SSSR count). The second-order valence-electron chi connectivity index (χ2n) is 5.44. The molecule has 0 saturated heterocycles. The molecule has 0 spiro atoms. The Morgan fingerprint density at radius 3 is 2.08 bits per heavy atom. The molecule has 2 aromatic carbocycles. The lowest BCUT2D eigenvalue weighted by molar-refractivity contribution is 0.102. The highest BCUT2D eigenvalue weighted by Crippen LogP contribution is 2.21. The van der Waals surface area contributed by atoms with Crippen molar-refractivity contribution in [2.75, 3.05) is 5.32 Å². The Kier molecular flexibility index (Phi) is 5.01. The molecule has 4 nitrogen and oxygen atoms in total. The summed E-state index contributed by atoms with van der Waals surface area (Å²) in [6, 6.07) is 16.1. The Hall–Kier alpha value is -2.53. The fraction of sp³-hybridized carbons (Fsp3) is 0.211. The van der Waals surface area contributed by atoms with Crippen LogP contribution < -0.4 is 5.32 Å². The molecule has 1 aromatic heterocycles. The summed E-state index contributed by atoms with van der Waals surface area (Å²) < 4.78 is 0. The number of aryl methyl sites for hydroxylation is 2. The third-order valence-corrected chi connectivity index (χ3v) is 4.82. The van der Waals surface area contributed by atoms with Crippen LogP contribution in [0.3, 0.4) is 0 Å². The van der Waals surface area contributed by atoms with Gasteiger partial charge in [0.1, 0.15) is 5.01 Å². The van der Waals surface area contributed by atoms with Gasteiger partial charge in [0, 0.05) is 5.56 Å². The molecule has 3 aromatic rings. The van der Waals surface area contributed by atoms with Crippen molar-refractivity contribution in [2.45, 2.75) is 26.7 Å². The Labute approximate surface area is 145 Å². The first kappa shape index (κ1) is 16.3. The lowest BCUT2D eigenvalue weighted by Crippen LogP contribution is -2.11. The summed E-state index contributed by atoms with van der Waals surface area (Å²) in [5, 5.41) is 12.2. The van der Waals surface area contributed by atoms with Crippen LogP contribution in [-0.4, -0.2) is 16.1 Å². The Balaban J connectivity index is 1.72. The van der Waals surface area contributed by atoms with Gasteiger partial charge in [-0.2, -0.15) is 0 Å². The van der Waals surface area contributed by atoms with Crippen LogP contribution in [0.4, 0.5) is 5.13 Å². The second kappa shape index (κ2) is 7.36. The molecule has 1 N–H and O–H groups in total. The van der Waals surface area contributed by atoms with Crippen LogP contribution in [0.2, 0.25) is 0 Å². The zero-order valence-corrected chi connectivity index (χ0v) is 14.6. The van der Waals surface area contributed by atoms with E-state index in [1.807, 2.05) is 31.2 Å². The molecule has 24 heavy (non-hydrogen) atoms. The number of anilines is 1. The molecule has 1 heterocycles. The monoisotopic (exact) mass is 337 g/mol. The molecule has 5 heteroatoms. The molecule has 0 aliphatic heterocycles. The van der Waals surface area contributed by atoms with Crippen molar-refractivity contribution in [1.82, 2.24) is 10.2 Å². The van der Waals surface area contributed by atoms with Gasteiger partial charge < -0.3 is 0 Å². The number of hydrogen-bond donors (Lipinski definition) is 1. The molecule has 0 aliphatic carbocycles. The van der Waals surface area contributed by atoms with E-state index in [0.29, 0.717) is 10.7 Å². The number of nitrogens with zero attached hydrogens (tertiary/aromatic N) is 2. The third-order valence-electron chi connectivity index (χ3n) is 3.83. The van der Waals surface area contributed by atoms with E-state index in [0.717, 1.165) is 29.0 Å². The molecule has 0 bridgehead atoms. The topological polar surface area (TPSA) is 54.9 Å². The summed E-state index contributed by atoms with van der Waals surface area (Å²) >= 11 is 1.41. The Morgan fingerprint density at radius 2 is 1.54 bits per heavy atom. The minimum atomic E-state index is -0.165. The summed E-state index contributed by atoms with van der Waals surface area (Å²) in [7, 11) is 0. The number of carbonyl (C=O) groups is 1. The number of carbonyl (C=O) groups excluding carboxylic acids is 1. The Bertz CT molecular complexity index is 823. The van der Waals surface area contributed by atoms with Gasteiger partial charge in [-0.1, -0.05) is 61.6 Å². The summed E-state index contributed by atoms with van der Waals surface area (Å²) in [4.78, 5) is 12.3. The SMILES string of the molecule is CCc1ccc(-c2ccc(C(=O)Nc3nnc(CC)s3)cc2)cc1. The van der Waals surface area contributed by atoms with E-state index in [2.05, 4.69) is 46.7 Å². The highest BCUT2D eigenvalue weighted by atomic mass is 32.1. The van der Waals surface area contributed by atoms with E-state index in [9.17, 15) is 4.79 Å². The van der Waals surface area contributed by atoms with Crippen LogP contribution in [0.1, 0.15) is 34.8 Å². The van der Waals surface area contributed by atoms with E-state index in [1.54, 1.807) is 0 Å². The molecule has 0 atom stereocenters. The highest BCUT2D eigenvalue weighted by molar-refractivity contribution is 7.15. The van der Waals surface area contributed by atoms with Gasteiger partial charge in [0.05, 0.1) is 0 Å². The van der Waals surface area contributed by atoms with E-state index in [4.69, 9.17) is 0 Å². The van der Waals surface area contributed by atoms with Gasteiger partial charge in [0.25, 0.3) is 5.91 Å². The van der Waals surface area contributed by atoms with Crippen LogP contribution in [0.25, 0.3) is 11.1 Å². The molecule has 0 fully saturated rings. The minimum absolute atomic E-state index is 0.165. The molecule has 0 unspecified atom stereocenters. The number of hydrogen-bond acceptors (Lipinski definition) is 4. The average molecular weight is 337 g/mol. The standard InChI is InChI=1S/C19H19N3OS/c1-3-13-5-7-14(8-6-13)15-9-11-16(12-10-15)18(23)20-19-22-21-17(4-2)24-19/h5-12H,3-4H2,1-2H3,(H,20,22,23). The first-order chi connectivity index (χ1) is 11.7. The van der Waals surface area contributed by atoms with Crippen LogP contribution >= 0.6 is 11.3 Å². The van der Waals surface area contributed by atoms with Gasteiger partial charge in [-0.05, 0) is 41.7 Å². The van der Waals surface area contributed by atoms with E-state index >= 15 is 0 Å². The number of benzene rings is 2. The minimum Gasteiger partial charge on any atom is -0.296 e. The van der Waals surface area contributed by atoms with Gasteiger partial charge in [0.15, 0.2) is 0 Å². The van der Waals surface area contributed by atoms with Crippen LogP contribution in [0.15, 0.2) is 48.5 Å². The molecular formula is C19H19N3OS. The molecule has 122 valence electrons. The van der Waals surface area contributed by atoms with Crippen molar-refractivity contribution in [3.05, 3.63) is 64.7 Å². The molecule has 0 radical (unpaired) electrons. The molecule has 0 aliphatic rings. The van der Waals surface area contributed by atoms with Gasteiger partial charge in [-0.15, -0.1) is 10.2 Å². The normalized spacial score (nSPS) is 10.6. The molecular weight excluding hydrogens is 318 g/mol. The van der Waals surface area contributed by atoms with Gasteiger partial charge >= 0.3 is 0 Å². The Morgan fingerprint density at radius 1 is 0.917 bits per heavy atom. The van der Waals surface area contributed by atoms with Crippen molar-refractivity contribution < 1.29 is 4.79 Å². The maximum atomic E-state index is 12.3. The largest absolute Gasteiger partial charge is 0.296 e. The summed E-state index contributed by atoms with van der Waals surface area (Å²) in [5.41, 5.74) is 4.17. The summed E-state index contributed by atoms with van der Waals surface area (Å²) in [6.45, 7) is 4.15. The maximum absolute atomic E-state index is 12.3. The number of nitrogens with one attached hydrogen (secondary N) is 1.